The zero-order chi connectivity index (χ0) is 54.9. The highest BCUT2D eigenvalue weighted by Gasteiger charge is 2.39. The molecule has 0 bridgehead atoms. The normalized spacial score (nSPS) is 21.2. The fraction of sp³-hybridized carbons (Fsp3) is 0.750. The van der Waals surface area contributed by atoms with E-state index in [2.05, 4.69) is 31.3 Å². The van der Waals surface area contributed by atoms with Gasteiger partial charge in [-0.25, -0.2) is 29.2 Å². The molecule has 2 aliphatic heterocycles. The van der Waals surface area contributed by atoms with Crippen LogP contribution < -0.4 is 67.1 Å². The number of nitrogens with two attached hydrogens (primary N) is 8. The smallest absolute Gasteiger partial charge is 0.326 e. The van der Waals surface area contributed by atoms with Crippen LogP contribution in [0.2, 0.25) is 0 Å². The number of nitrogens with one attached hydrogen (secondary N) is 4. The highest BCUT2D eigenvalue weighted by Crippen LogP contribution is 2.19. The molecule has 27 N–H and O–H groups in total. The van der Waals surface area contributed by atoms with E-state index in [0.29, 0.717) is 0 Å². The van der Waals surface area contributed by atoms with E-state index in [9.17, 15) is 74.1 Å². The number of aliphatic hydroxyl groups excluding tert-OH is 5. The number of carbonyl (C=O) groups is 8. The van der Waals surface area contributed by atoms with Gasteiger partial charge in [0.25, 0.3) is 0 Å². The van der Waals surface area contributed by atoms with E-state index < -0.39 is 139 Å². The molecule has 0 aliphatic carbocycles. The summed E-state index contributed by atoms with van der Waals surface area (Å²) in [5.41, 5.74) is 45.1. The first-order valence-electron chi connectivity index (χ1n) is 22.6. The summed E-state index contributed by atoms with van der Waals surface area (Å²) in [5, 5.41) is 79.1. The summed E-state index contributed by atoms with van der Waals surface area (Å²) < 4.78 is 0. The maximum atomic E-state index is 12.4. The first-order chi connectivity index (χ1) is 32.7. The minimum atomic E-state index is -1.68. The number of carboxylic acid groups (broad SMARTS) is 2. The summed E-state index contributed by atoms with van der Waals surface area (Å²) in [5.74, 6) is -6.36. The number of aliphatic hydroxyl groups is 5. The van der Waals surface area contributed by atoms with Crippen LogP contribution >= 0.6 is 0 Å². The summed E-state index contributed by atoms with van der Waals surface area (Å²) in [6, 6.07) is -12.0. The third-order valence-electron chi connectivity index (χ3n) is 11.6. The van der Waals surface area contributed by atoms with E-state index in [4.69, 9.17) is 45.9 Å². The van der Waals surface area contributed by atoms with Crippen molar-refractivity contribution in [2.75, 3.05) is 13.1 Å². The third kappa shape index (κ3) is 19.6. The number of hydrogen-bond acceptors (Lipinski definition) is 21. The van der Waals surface area contributed by atoms with E-state index in [1.165, 1.54) is 13.8 Å². The molecule has 0 radical (unpaired) electrons. The van der Waals surface area contributed by atoms with Crippen molar-refractivity contribution in [2.45, 2.75) is 165 Å². The average molecular weight is 1020 g/mol. The van der Waals surface area contributed by atoms with Gasteiger partial charge in [0.1, 0.15) is 42.4 Å². The molecular formula is C40H76N16O15. The quantitative estimate of drug-likeness (QED) is 0.0383. The number of amides is 8. The van der Waals surface area contributed by atoms with Gasteiger partial charge < -0.3 is 103 Å². The Bertz CT molecular complexity index is 1910. The van der Waals surface area contributed by atoms with Gasteiger partial charge in [-0.1, -0.05) is 27.7 Å². The molecule has 0 aromatic heterocycles. The van der Waals surface area contributed by atoms with Crippen molar-refractivity contribution in [1.29, 1.82) is 0 Å². The molecule has 2 rings (SSSR count). The second-order valence-corrected chi connectivity index (χ2v) is 18.1. The van der Waals surface area contributed by atoms with E-state index in [1.807, 2.05) is 0 Å². The molecule has 0 fully saturated rings. The molecule has 15 unspecified atom stereocenters. The van der Waals surface area contributed by atoms with Crippen LogP contribution in [0, 0.1) is 11.8 Å². The largest absolute Gasteiger partial charge is 0.480 e. The molecule has 0 spiro atoms. The van der Waals surface area contributed by atoms with Gasteiger partial charge in [0.2, 0.25) is 23.6 Å². The molecule has 0 saturated carbocycles. The summed E-state index contributed by atoms with van der Waals surface area (Å²) >= 11 is 0. The molecule has 71 heavy (non-hydrogen) atoms. The maximum Gasteiger partial charge on any atom is 0.326 e. The Hall–Kier alpha value is -6.06. The van der Waals surface area contributed by atoms with Gasteiger partial charge in [0, 0.05) is 18.5 Å². The summed E-state index contributed by atoms with van der Waals surface area (Å²) in [6.07, 6.45) is -7.22. The maximum absolute atomic E-state index is 12.4. The first-order valence-corrected chi connectivity index (χ1v) is 22.6. The van der Waals surface area contributed by atoms with Crippen molar-refractivity contribution in [1.82, 2.24) is 31.1 Å². The molecular weight excluding hydrogens is 945 g/mol. The number of rotatable bonds is 26. The standard InChI is InChI=1S/C20H38N8O8.C20H38N8O7/c1-7(2)13(18(34)35)27-16(32)8(3)25-17(33)12(22)9(21)4-5-11(29)15(31)14(30)10-6-28(20(24)36)19(23)26-10;1-8(2)15(18(33)34)27-16(31)9(3)25-17(32)14(22)11(21)4-5-12(29)13(30)6-10-7-28(20(24)35)19(23)26-10/h7-15,29-31H,4-6,21-22H2,1-3H3,(H2,23,26)(H2,24,36)(H,25,33)(H,27,32)(H,34,35);8-15,29-30H,4-7,21-22H2,1-3H3,(H2,23,26)(H2,24,35)(H,25,32)(H,27,31)(H,33,34). The Morgan fingerprint density at radius 2 is 0.944 bits per heavy atom. The Morgan fingerprint density at radius 3 is 1.30 bits per heavy atom. The molecule has 31 heteroatoms. The van der Waals surface area contributed by atoms with Crippen LogP contribution in [0.4, 0.5) is 9.59 Å². The number of guanidine groups is 2. The van der Waals surface area contributed by atoms with Crippen LogP contribution in [0.1, 0.15) is 73.6 Å². The minimum Gasteiger partial charge on any atom is -0.480 e. The van der Waals surface area contributed by atoms with Gasteiger partial charge in [0.15, 0.2) is 11.9 Å². The number of hydrogen-bond donors (Lipinski definition) is 19. The highest BCUT2D eigenvalue weighted by molar-refractivity contribution is 5.97. The molecule has 15 atom stereocenters. The van der Waals surface area contributed by atoms with Crippen molar-refractivity contribution in [3.8, 4) is 0 Å². The zero-order valence-electron chi connectivity index (χ0n) is 40.6. The topological polar surface area (TPSA) is 566 Å². The van der Waals surface area contributed by atoms with Crippen LogP contribution in [-0.2, 0) is 28.8 Å². The molecule has 2 heterocycles. The van der Waals surface area contributed by atoms with Crippen molar-refractivity contribution < 1.29 is 74.1 Å². The first kappa shape index (κ1) is 63.0. The number of aliphatic imine (C=N–C) groups is 2. The minimum absolute atomic E-state index is 0.0134. The zero-order valence-corrected chi connectivity index (χ0v) is 40.6. The second-order valence-electron chi connectivity index (χ2n) is 18.1. The lowest BCUT2D eigenvalue weighted by atomic mass is 9.95. The fourth-order valence-electron chi connectivity index (χ4n) is 6.94. The number of carbonyl (C=O) groups excluding carboxylic acids is 6. The molecule has 8 amide bonds. The summed E-state index contributed by atoms with van der Waals surface area (Å²) in [4.78, 5) is 104. The van der Waals surface area contributed by atoms with Gasteiger partial charge in [-0.15, -0.1) is 0 Å². The number of urea groups is 2. The van der Waals surface area contributed by atoms with Crippen molar-refractivity contribution in [3.63, 3.8) is 0 Å². The molecule has 0 saturated heterocycles. The number of aliphatic carboxylic acids is 2. The van der Waals surface area contributed by atoms with Crippen LogP contribution in [0.5, 0.6) is 0 Å². The monoisotopic (exact) mass is 1020 g/mol. The Balaban J connectivity index is 0.000000710. The lowest BCUT2D eigenvalue weighted by Gasteiger charge is -2.27. The van der Waals surface area contributed by atoms with E-state index >= 15 is 0 Å². The lowest BCUT2D eigenvalue weighted by Crippen LogP contribution is -2.57. The van der Waals surface area contributed by atoms with E-state index in [1.54, 1.807) is 27.7 Å². The lowest BCUT2D eigenvalue weighted by molar-refractivity contribution is -0.143. The van der Waals surface area contributed by atoms with Gasteiger partial charge in [0.05, 0.1) is 49.5 Å². The van der Waals surface area contributed by atoms with Crippen molar-refractivity contribution in [2.24, 2.45) is 67.7 Å². The number of primary amides is 2. The van der Waals surface area contributed by atoms with Crippen LogP contribution in [0.15, 0.2) is 9.98 Å². The molecule has 0 aromatic carbocycles. The predicted molar refractivity (Wildman–Crippen MR) is 252 cm³/mol. The number of nitrogens with zero attached hydrogens (tertiary/aromatic N) is 4. The number of carboxylic acids is 2. The molecule has 2 aliphatic rings. The third-order valence-corrected chi connectivity index (χ3v) is 11.6. The SMILES string of the molecule is CC(NC(=O)C(N)C(N)CCC(O)C(O)C(O)C1CN(C(N)=O)C(N)=N1)C(=O)NC(C(=O)O)C(C)C.CC(NC(=O)C(N)C(N)CCC(O)C(O)CC1CN(C(N)=O)C(N)=N1)C(=O)NC(C(=O)O)C(C)C. The van der Waals surface area contributed by atoms with Gasteiger partial charge in [-0.3, -0.25) is 29.0 Å². The Kier molecular flexibility index (Phi) is 25.5. The van der Waals surface area contributed by atoms with E-state index in [-0.39, 0.29) is 68.9 Å². The van der Waals surface area contributed by atoms with E-state index in [0.717, 1.165) is 9.80 Å². The average Bonchev–Trinajstić information content (AvgIpc) is 3.87. The highest BCUT2D eigenvalue weighted by atomic mass is 16.4. The molecule has 0 aromatic rings. The van der Waals surface area contributed by atoms with Crippen LogP contribution in [0.25, 0.3) is 0 Å². The van der Waals surface area contributed by atoms with Crippen molar-refractivity contribution >= 4 is 59.5 Å². The van der Waals surface area contributed by atoms with Crippen LogP contribution in [-0.4, -0.2) is 209 Å². The Labute approximate surface area is 409 Å². The second kappa shape index (κ2) is 28.7. The molecule has 31 nitrogen and oxygen atoms in total. The summed E-state index contributed by atoms with van der Waals surface area (Å²) in [6.45, 7) is 9.15. The summed E-state index contributed by atoms with van der Waals surface area (Å²) in [7, 11) is 0. The predicted octanol–water partition coefficient (Wildman–Crippen LogP) is -8.35. The van der Waals surface area contributed by atoms with Gasteiger partial charge in [-0.2, -0.15) is 0 Å². The molecule has 406 valence electrons. The van der Waals surface area contributed by atoms with Gasteiger partial charge >= 0.3 is 24.0 Å². The van der Waals surface area contributed by atoms with Gasteiger partial charge in [-0.05, 0) is 51.4 Å². The Morgan fingerprint density at radius 1 is 0.563 bits per heavy atom. The van der Waals surface area contributed by atoms with Crippen LogP contribution in [0.3, 0.4) is 0 Å². The fourth-order valence-corrected chi connectivity index (χ4v) is 6.94. The van der Waals surface area contributed by atoms with Crippen molar-refractivity contribution in [3.05, 3.63) is 0 Å².